The van der Waals surface area contributed by atoms with Gasteiger partial charge in [0.1, 0.15) is 0 Å². The van der Waals surface area contributed by atoms with E-state index >= 15 is 0 Å². The molecule has 0 atom stereocenters. The second-order valence-electron chi connectivity index (χ2n) is 6.88. The van der Waals surface area contributed by atoms with E-state index in [2.05, 4.69) is 46.9 Å². The zero-order valence-corrected chi connectivity index (χ0v) is 17.5. The molecule has 3 aromatic rings. The fraction of sp³-hybridized carbons (Fsp3) is 0.348. The Bertz CT molecular complexity index is 809. The van der Waals surface area contributed by atoms with Crippen molar-refractivity contribution in [1.29, 1.82) is 0 Å². The fourth-order valence-electron chi connectivity index (χ4n) is 3.07. The molecule has 2 aromatic carbocycles. The zero-order chi connectivity index (χ0) is 18.9. The second kappa shape index (κ2) is 10.5. The van der Waals surface area contributed by atoms with Crippen molar-refractivity contribution in [3.05, 3.63) is 64.5 Å². The summed E-state index contributed by atoms with van der Waals surface area (Å²) in [6, 6.07) is 16.5. The van der Waals surface area contributed by atoms with Crippen LogP contribution in [-0.2, 0) is 6.42 Å². The maximum absolute atomic E-state index is 5.95. The lowest BCUT2D eigenvalue weighted by atomic mass is 10.0. The van der Waals surface area contributed by atoms with Crippen LogP contribution >= 0.6 is 22.9 Å². The molecule has 1 heterocycles. The quantitative estimate of drug-likeness (QED) is 0.349. The second-order valence-corrected chi connectivity index (χ2v) is 8.18. The molecule has 27 heavy (non-hydrogen) atoms. The van der Waals surface area contributed by atoms with Crippen molar-refractivity contribution in [2.24, 2.45) is 0 Å². The molecule has 0 saturated carbocycles. The first-order chi connectivity index (χ1) is 13.2. The number of aryl methyl sites for hydroxylation is 1. The van der Waals surface area contributed by atoms with E-state index < -0.39 is 0 Å². The van der Waals surface area contributed by atoms with Crippen molar-refractivity contribution >= 4 is 33.8 Å². The lowest BCUT2D eigenvalue weighted by Gasteiger charge is -2.05. The van der Waals surface area contributed by atoms with Gasteiger partial charge in [-0.25, -0.2) is 4.98 Å². The number of nitrogens with zero attached hydrogens (tertiary/aromatic N) is 1. The Labute approximate surface area is 171 Å². The normalized spacial score (nSPS) is 10.9. The van der Waals surface area contributed by atoms with E-state index in [9.17, 15) is 0 Å². The summed E-state index contributed by atoms with van der Waals surface area (Å²) in [6.07, 6.45) is 9.23. The van der Waals surface area contributed by atoms with Gasteiger partial charge in [0, 0.05) is 21.7 Å². The highest BCUT2D eigenvalue weighted by Crippen LogP contribution is 2.28. The minimum absolute atomic E-state index is 0.744. The number of thiazole rings is 1. The van der Waals surface area contributed by atoms with Crippen molar-refractivity contribution in [2.45, 2.75) is 51.9 Å². The Balaban J connectivity index is 1.49. The van der Waals surface area contributed by atoms with Gasteiger partial charge >= 0.3 is 0 Å². The summed E-state index contributed by atoms with van der Waals surface area (Å²) >= 11 is 7.57. The minimum Gasteiger partial charge on any atom is -0.332 e. The molecule has 0 radical (unpaired) electrons. The van der Waals surface area contributed by atoms with Crippen molar-refractivity contribution in [3.63, 3.8) is 0 Å². The van der Waals surface area contributed by atoms with Crippen LogP contribution < -0.4 is 5.32 Å². The van der Waals surface area contributed by atoms with E-state index in [4.69, 9.17) is 11.6 Å². The first-order valence-corrected chi connectivity index (χ1v) is 11.1. The number of rotatable bonds is 10. The van der Waals surface area contributed by atoms with Gasteiger partial charge in [-0.05, 0) is 42.7 Å². The maximum atomic E-state index is 5.95. The number of halogens is 1. The first kappa shape index (κ1) is 19.9. The Morgan fingerprint density at radius 3 is 2.33 bits per heavy atom. The van der Waals surface area contributed by atoms with Gasteiger partial charge in [-0.3, -0.25) is 0 Å². The molecule has 0 amide bonds. The van der Waals surface area contributed by atoms with E-state index in [1.807, 2.05) is 24.3 Å². The Hall–Kier alpha value is -1.84. The maximum Gasteiger partial charge on any atom is 0.187 e. The number of unbranched alkanes of at least 4 members (excludes halogenated alkanes) is 5. The fourth-order valence-corrected chi connectivity index (χ4v) is 3.94. The number of hydrogen-bond donors (Lipinski definition) is 1. The summed E-state index contributed by atoms with van der Waals surface area (Å²) in [6.45, 7) is 2.26. The molecular weight excluding hydrogens is 372 g/mol. The highest BCUT2D eigenvalue weighted by atomic mass is 35.5. The zero-order valence-electron chi connectivity index (χ0n) is 15.9. The molecule has 0 spiro atoms. The van der Waals surface area contributed by atoms with Crippen LogP contribution in [0.25, 0.3) is 11.3 Å². The number of anilines is 2. The van der Waals surface area contributed by atoms with Gasteiger partial charge in [0.2, 0.25) is 0 Å². The highest BCUT2D eigenvalue weighted by molar-refractivity contribution is 7.14. The van der Waals surface area contributed by atoms with Crippen molar-refractivity contribution in [1.82, 2.24) is 4.98 Å². The van der Waals surface area contributed by atoms with E-state index in [0.717, 1.165) is 27.1 Å². The lowest BCUT2D eigenvalue weighted by molar-refractivity contribution is 0.607. The van der Waals surface area contributed by atoms with Crippen LogP contribution in [0.15, 0.2) is 53.9 Å². The van der Waals surface area contributed by atoms with Crippen molar-refractivity contribution in [2.75, 3.05) is 5.32 Å². The largest absolute Gasteiger partial charge is 0.332 e. The highest BCUT2D eigenvalue weighted by Gasteiger charge is 2.05. The Morgan fingerprint density at radius 1 is 0.889 bits per heavy atom. The molecule has 0 bridgehead atoms. The first-order valence-electron chi connectivity index (χ1n) is 9.82. The van der Waals surface area contributed by atoms with E-state index in [-0.39, 0.29) is 0 Å². The summed E-state index contributed by atoms with van der Waals surface area (Å²) in [4.78, 5) is 4.68. The number of hydrogen-bond acceptors (Lipinski definition) is 3. The van der Waals surface area contributed by atoms with E-state index in [0.29, 0.717) is 0 Å². The molecule has 2 nitrogen and oxygen atoms in total. The lowest BCUT2D eigenvalue weighted by Crippen LogP contribution is -1.91. The third-order valence-electron chi connectivity index (χ3n) is 4.67. The Morgan fingerprint density at radius 2 is 1.59 bits per heavy atom. The summed E-state index contributed by atoms with van der Waals surface area (Å²) in [5.41, 5.74) is 4.55. The van der Waals surface area contributed by atoms with Crippen LogP contribution in [0.1, 0.15) is 51.0 Å². The molecule has 0 aliphatic carbocycles. The summed E-state index contributed by atoms with van der Waals surface area (Å²) < 4.78 is 0. The molecular formula is C23H27ClN2S. The predicted octanol–water partition coefficient (Wildman–Crippen LogP) is 8.11. The molecule has 0 aliphatic rings. The van der Waals surface area contributed by atoms with Gasteiger partial charge in [0.05, 0.1) is 5.69 Å². The molecule has 0 unspecified atom stereocenters. The van der Waals surface area contributed by atoms with Crippen LogP contribution in [0.2, 0.25) is 5.02 Å². The summed E-state index contributed by atoms with van der Waals surface area (Å²) in [5.74, 6) is 0. The standard InChI is InChI=1S/C23H27ClN2S/c1-2-3-4-5-6-7-8-18-9-15-21(16-10-18)25-23-26-22(17-27-23)19-11-13-20(24)14-12-19/h9-17H,2-8H2,1H3,(H,25,26). The average Bonchev–Trinajstić information content (AvgIpc) is 3.15. The summed E-state index contributed by atoms with van der Waals surface area (Å²) in [7, 11) is 0. The molecule has 4 heteroatoms. The molecule has 3 rings (SSSR count). The average molecular weight is 399 g/mol. The number of nitrogens with one attached hydrogen (secondary N) is 1. The molecule has 0 aliphatic heterocycles. The van der Waals surface area contributed by atoms with Gasteiger partial charge in [-0.2, -0.15) is 0 Å². The SMILES string of the molecule is CCCCCCCCc1ccc(Nc2nc(-c3ccc(Cl)cc3)cs2)cc1. The van der Waals surface area contributed by atoms with Gasteiger partial charge in [-0.15, -0.1) is 11.3 Å². The minimum atomic E-state index is 0.744. The monoisotopic (exact) mass is 398 g/mol. The molecule has 1 N–H and O–H groups in total. The van der Waals surface area contributed by atoms with Gasteiger partial charge < -0.3 is 5.32 Å². The smallest absolute Gasteiger partial charge is 0.187 e. The molecule has 1 aromatic heterocycles. The van der Waals surface area contributed by atoms with Crippen molar-refractivity contribution in [3.8, 4) is 11.3 Å². The van der Waals surface area contributed by atoms with Gasteiger partial charge in [-0.1, -0.05) is 74.9 Å². The van der Waals surface area contributed by atoms with Crippen molar-refractivity contribution < 1.29 is 0 Å². The van der Waals surface area contributed by atoms with Crippen LogP contribution in [0.5, 0.6) is 0 Å². The van der Waals surface area contributed by atoms with Gasteiger partial charge in [0.15, 0.2) is 5.13 Å². The summed E-state index contributed by atoms with van der Waals surface area (Å²) in [5, 5.41) is 7.12. The van der Waals surface area contributed by atoms with Crippen LogP contribution in [0.4, 0.5) is 10.8 Å². The van der Waals surface area contributed by atoms with Gasteiger partial charge in [0.25, 0.3) is 0 Å². The molecule has 142 valence electrons. The van der Waals surface area contributed by atoms with Crippen LogP contribution in [0, 0.1) is 0 Å². The van der Waals surface area contributed by atoms with E-state index in [1.54, 1.807) is 11.3 Å². The Kier molecular flexibility index (Phi) is 7.73. The molecule has 0 saturated heterocycles. The van der Waals surface area contributed by atoms with E-state index in [1.165, 1.54) is 50.5 Å². The third kappa shape index (κ3) is 6.37. The number of benzene rings is 2. The number of aromatic nitrogens is 1. The van der Waals surface area contributed by atoms with Crippen LogP contribution in [-0.4, -0.2) is 4.98 Å². The third-order valence-corrected chi connectivity index (χ3v) is 5.68. The topological polar surface area (TPSA) is 24.9 Å². The van der Waals surface area contributed by atoms with Crippen LogP contribution in [0.3, 0.4) is 0 Å². The predicted molar refractivity (Wildman–Crippen MR) is 119 cm³/mol. The molecule has 0 fully saturated rings.